The number of carbonyl (C=O) groups excluding carboxylic acids is 1. The van der Waals surface area contributed by atoms with Gasteiger partial charge in [-0.25, -0.2) is 4.79 Å². The van der Waals surface area contributed by atoms with Gasteiger partial charge in [-0.1, -0.05) is 42.5 Å². The first kappa shape index (κ1) is 10.4. The van der Waals surface area contributed by atoms with Crippen LogP contribution in [0.1, 0.15) is 10.4 Å². The van der Waals surface area contributed by atoms with Crippen LogP contribution in [-0.2, 0) is 4.89 Å². The van der Waals surface area contributed by atoms with E-state index in [2.05, 4.69) is 4.89 Å². The molecule has 0 aliphatic carbocycles. The first-order valence-corrected chi connectivity index (χ1v) is 4.82. The number of carbonyl (C=O) groups is 1. The Morgan fingerprint density at radius 3 is 2.31 bits per heavy atom. The van der Waals surface area contributed by atoms with Crippen LogP contribution in [-0.4, -0.2) is 11.2 Å². The second-order valence-corrected chi connectivity index (χ2v) is 3.33. The van der Waals surface area contributed by atoms with E-state index < -0.39 is 5.97 Å². The predicted molar refractivity (Wildman–Crippen MR) is 59.9 cm³/mol. The number of hydrogen-bond acceptors (Lipinski definition) is 3. The van der Waals surface area contributed by atoms with E-state index in [1.807, 2.05) is 36.4 Å². The van der Waals surface area contributed by atoms with E-state index in [9.17, 15) is 4.79 Å². The molecule has 2 rings (SSSR count). The van der Waals surface area contributed by atoms with E-state index in [0.717, 1.165) is 11.1 Å². The highest BCUT2D eigenvalue weighted by atomic mass is 17.1. The monoisotopic (exact) mass is 214 g/mol. The smallest absolute Gasteiger partial charge is 0.296 e. The lowest BCUT2D eigenvalue weighted by Gasteiger charge is -2.03. The zero-order valence-corrected chi connectivity index (χ0v) is 8.46. The average Bonchev–Trinajstić information content (AvgIpc) is 2.39. The van der Waals surface area contributed by atoms with Gasteiger partial charge in [-0.2, -0.15) is 5.26 Å². The van der Waals surface area contributed by atoms with Crippen LogP contribution in [0.5, 0.6) is 0 Å². The van der Waals surface area contributed by atoms with E-state index in [-0.39, 0.29) is 0 Å². The summed E-state index contributed by atoms with van der Waals surface area (Å²) in [4.78, 5) is 14.8. The van der Waals surface area contributed by atoms with Crippen LogP contribution in [0, 0.1) is 0 Å². The fraction of sp³-hybridized carbons (Fsp3) is 0. The molecule has 3 heteroatoms. The average molecular weight is 214 g/mol. The molecule has 2 aromatic rings. The van der Waals surface area contributed by atoms with Gasteiger partial charge >= 0.3 is 5.97 Å². The van der Waals surface area contributed by atoms with Crippen molar-refractivity contribution >= 4 is 5.97 Å². The van der Waals surface area contributed by atoms with Crippen LogP contribution in [0.25, 0.3) is 11.1 Å². The van der Waals surface area contributed by atoms with Crippen LogP contribution in [0.2, 0.25) is 0 Å². The van der Waals surface area contributed by atoms with E-state index in [1.165, 1.54) is 0 Å². The van der Waals surface area contributed by atoms with E-state index in [1.54, 1.807) is 18.2 Å². The summed E-state index contributed by atoms with van der Waals surface area (Å²) in [5, 5.41) is 8.30. The van der Waals surface area contributed by atoms with Crippen molar-refractivity contribution in [2.45, 2.75) is 0 Å². The Kier molecular flexibility index (Phi) is 2.98. The summed E-state index contributed by atoms with van der Waals surface area (Å²) < 4.78 is 0. The van der Waals surface area contributed by atoms with Gasteiger partial charge in [0.15, 0.2) is 0 Å². The third-order valence-corrected chi connectivity index (χ3v) is 2.29. The maximum Gasteiger partial charge on any atom is 0.372 e. The molecule has 0 atom stereocenters. The van der Waals surface area contributed by atoms with Crippen LogP contribution in [0.3, 0.4) is 0 Å². The molecule has 0 spiro atoms. The molecule has 0 amide bonds. The lowest BCUT2D eigenvalue weighted by Crippen LogP contribution is -2.01. The Morgan fingerprint density at radius 2 is 1.62 bits per heavy atom. The minimum Gasteiger partial charge on any atom is -0.296 e. The van der Waals surface area contributed by atoms with Gasteiger partial charge in [0.25, 0.3) is 0 Å². The Balaban J connectivity index is 2.40. The molecule has 0 aliphatic heterocycles. The van der Waals surface area contributed by atoms with Gasteiger partial charge in [-0.05, 0) is 23.3 Å². The quantitative estimate of drug-likeness (QED) is 0.617. The van der Waals surface area contributed by atoms with Crippen molar-refractivity contribution in [1.82, 2.24) is 0 Å². The molecule has 0 fully saturated rings. The molecular weight excluding hydrogens is 204 g/mol. The van der Waals surface area contributed by atoms with Crippen molar-refractivity contribution in [1.29, 1.82) is 0 Å². The van der Waals surface area contributed by atoms with Gasteiger partial charge in [0, 0.05) is 0 Å². The zero-order chi connectivity index (χ0) is 11.4. The van der Waals surface area contributed by atoms with Crippen LogP contribution >= 0.6 is 0 Å². The molecule has 80 valence electrons. The Labute approximate surface area is 92.9 Å². The van der Waals surface area contributed by atoms with Crippen molar-refractivity contribution in [3.8, 4) is 11.1 Å². The van der Waals surface area contributed by atoms with Crippen molar-refractivity contribution < 1.29 is 14.9 Å². The van der Waals surface area contributed by atoms with Gasteiger partial charge in [-0.3, -0.25) is 4.89 Å². The SMILES string of the molecule is O=C(OO)c1cccc(-c2ccccc2)c1. The third kappa shape index (κ3) is 2.10. The molecule has 0 heterocycles. The van der Waals surface area contributed by atoms with Crippen LogP contribution in [0.15, 0.2) is 54.6 Å². The highest BCUT2D eigenvalue weighted by molar-refractivity contribution is 5.90. The summed E-state index contributed by atoms with van der Waals surface area (Å²) in [6.07, 6.45) is 0. The topological polar surface area (TPSA) is 46.5 Å². The summed E-state index contributed by atoms with van der Waals surface area (Å²) >= 11 is 0. The molecule has 0 radical (unpaired) electrons. The van der Waals surface area contributed by atoms with Crippen molar-refractivity contribution in [3.05, 3.63) is 60.2 Å². The summed E-state index contributed by atoms with van der Waals surface area (Å²) in [6, 6.07) is 16.6. The highest BCUT2D eigenvalue weighted by Crippen LogP contribution is 2.20. The summed E-state index contributed by atoms with van der Waals surface area (Å²) in [5.74, 6) is -0.752. The predicted octanol–water partition coefficient (Wildman–Crippen LogP) is 2.98. The minimum absolute atomic E-state index is 0.323. The third-order valence-electron chi connectivity index (χ3n) is 2.29. The van der Waals surface area contributed by atoms with Crippen molar-refractivity contribution in [2.75, 3.05) is 0 Å². The largest absolute Gasteiger partial charge is 0.372 e. The molecule has 0 aromatic heterocycles. The van der Waals surface area contributed by atoms with Gasteiger partial charge < -0.3 is 0 Å². The van der Waals surface area contributed by atoms with Gasteiger partial charge in [0.2, 0.25) is 0 Å². The van der Waals surface area contributed by atoms with Crippen molar-refractivity contribution in [3.63, 3.8) is 0 Å². The number of benzene rings is 2. The second kappa shape index (κ2) is 4.59. The number of hydrogen-bond donors (Lipinski definition) is 1. The Hall–Kier alpha value is -2.13. The summed E-state index contributed by atoms with van der Waals surface area (Å²) in [6.45, 7) is 0. The molecule has 1 N–H and O–H groups in total. The zero-order valence-electron chi connectivity index (χ0n) is 8.46. The molecule has 2 aromatic carbocycles. The molecule has 0 unspecified atom stereocenters. The fourth-order valence-electron chi connectivity index (χ4n) is 1.51. The lowest BCUT2D eigenvalue weighted by atomic mass is 10.0. The molecule has 3 nitrogen and oxygen atoms in total. The molecule has 16 heavy (non-hydrogen) atoms. The normalized spacial score (nSPS) is 9.81. The van der Waals surface area contributed by atoms with Gasteiger partial charge in [0.05, 0.1) is 5.56 Å². The van der Waals surface area contributed by atoms with Crippen LogP contribution < -0.4 is 0 Å². The number of rotatable bonds is 2. The fourth-order valence-corrected chi connectivity index (χ4v) is 1.51. The molecular formula is C13H10O3. The molecule has 0 saturated heterocycles. The Bertz CT molecular complexity index is 492. The van der Waals surface area contributed by atoms with Crippen LogP contribution in [0.4, 0.5) is 0 Å². The first-order valence-electron chi connectivity index (χ1n) is 4.82. The Morgan fingerprint density at radius 1 is 0.938 bits per heavy atom. The summed E-state index contributed by atoms with van der Waals surface area (Å²) in [5.41, 5.74) is 2.24. The molecule has 0 saturated carbocycles. The second-order valence-electron chi connectivity index (χ2n) is 3.33. The minimum atomic E-state index is -0.752. The van der Waals surface area contributed by atoms with Crippen molar-refractivity contribution in [2.24, 2.45) is 0 Å². The highest BCUT2D eigenvalue weighted by Gasteiger charge is 2.07. The molecule has 0 bridgehead atoms. The standard InChI is InChI=1S/C13H10O3/c14-13(16-15)12-8-4-7-11(9-12)10-5-2-1-3-6-10/h1-9,15H. The van der Waals surface area contributed by atoms with E-state index in [0.29, 0.717) is 5.56 Å². The maximum atomic E-state index is 11.1. The van der Waals surface area contributed by atoms with E-state index in [4.69, 9.17) is 5.26 Å². The summed E-state index contributed by atoms with van der Waals surface area (Å²) in [7, 11) is 0. The first-order chi connectivity index (χ1) is 7.81. The lowest BCUT2D eigenvalue weighted by molar-refractivity contribution is -0.182. The maximum absolute atomic E-state index is 11.1. The van der Waals surface area contributed by atoms with Gasteiger partial charge in [0.1, 0.15) is 0 Å². The van der Waals surface area contributed by atoms with E-state index >= 15 is 0 Å². The molecule has 0 aliphatic rings. The van der Waals surface area contributed by atoms with Gasteiger partial charge in [-0.15, -0.1) is 0 Å².